The molecule has 4 nitrogen and oxygen atoms in total. The number of likely N-dealkylation sites (N-methyl/N-ethyl adjacent to an activating group) is 1. The molecule has 2 atom stereocenters. The molecule has 2 unspecified atom stereocenters. The highest BCUT2D eigenvalue weighted by molar-refractivity contribution is 7.80. The molecule has 0 radical (unpaired) electrons. The standard InChI is InChI=1S/C23H27ClN4S/c1-16-7-6-12-28(14-16)23(29)26-21-15-27(2)20-11-10-18(24)13-19(20)22(25-21)17-8-4-3-5-9-17/h3-5,8-11,13,16,21H,6-7,12,14-15H2,1-2H3,(H,26,29). The van der Waals surface area contributed by atoms with Crippen molar-refractivity contribution >= 4 is 40.3 Å². The van der Waals surface area contributed by atoms with Gasteiger partial charge >= 0.3 is 0 Å². The molecule has 2 aromatic rings. The molecular weight excluding hydrogens is 400 g/mol. The lowest BCUT2D eigenvalue weighted by atomic mass is 10.0. The van der Waals surface area contributed by atoms with E-state index in [1.54, 1.807) is 0 Å². The van der Waals surface area contributed by atoms with Gasteiger partial charge in [-0.15, -0.1) is 0 Å². The van der Waals surface area contributed by atoms with Gasteiger partial charge in [-0.2, -0.15) is 0 Å². The Morgan fingerprint density at radius 2 is 1.97 bits per heavy atom. The number of nitrogens with zero attached hydrogens (tertiary/aromatic N) is 3. The van der Waals surface area contributed by atoms with Crippen molar-refractivity contribution in [2.75, 3.05) is 31.6 Å². The molecule has 6 heteroatoms. The van der Waals surface area contributed by atoms with Crippen LogP contribution in [0.5, 0.6) is 0 Å². The van der Waals surface area contributed by atoms with E-state index in [-0.39, 0.29) is 6.17 Å². The number of fused-ring (bicyclic) bond motifs is 1. The predicted molar refractivity (Wildman–Crippen MR) is 126 cm³/mol. The first kappa shape index (κ1) is 20.2. The molecule has 2 aliphatic rings. The third kappa shape index (κ3) is 4.57. The fourth-order valence-corrected chi connectivity index (χ4v) is 4.64. The summed E-state index contributed by atoms with van der Waals surface area (Å²) in [5, 5.41) is 5.04. The Hall–Kier alpha value is -2.11. The number of halogens is 1. The second-order valence-electron chi connectivity index (χ2n) is 8.04. The topological polar surface area (TPSA) is 30.9 Å². The van der Waals surface area contributed by atoms with Gasteiger partial charge in [0.25, 0.3) is 0 Å². The van der Waals surface area contributed by atoms with Gasteiger partial charge in [-0.05, 0) is 49.2 Å². The molecule has 0 bridgehead atoms. The van der Waals surface area contributed by atoms with Gasteiger partial charge in [0.05, 0.1) is 12.3 Å². The molecule has 1 fully saturated rings. The van der Waals surface area contributed by atoms with Crippen LogP contribution in [0.25, 0.3) is 0 Å². The van der Waals surface area contributed by atoms with Crippen LogP contribution in [0.1, 0.15) is 30.9 Å². The Kier molecular flexibility index (Phi) is 6.07. The van der Waals surface area contributed by atoms with Gasteiger partial charge < -0.3 is 15.1 Å². The van der Waals surface area contributed by atoms with Crippen molar-refractivity contribution < 1.29 is 0 Å². The first-order valence-electron chi connectivity index (χ1n) is 10.2. The molecule has 29 heavy (non-hydrogen) atoms. The largest absolute Gasteiger partial charge is 0.370 e. The first-order chi connectivity index (χ1) is 14.0. The van der Waals surface area contributed by atoms with Crippen LogP contribution in [-0.4, -0.2) is 48.6 Å². The highest BCUT2D eigenvalue weighted by atomic mass is 35.5. The van der Waals surface area contributed by atoms with Crippen LogP contribution >= 0.6 is 23.8 Å². The van der Waals surface area contributed by atoms with Crippen LogP contribution in [0, 0.1) is 5.92 Å². The zero-order valence-corrected chi connectivity index (χ0v) is 18.5. The summed E-state index contributed by atoms with van der Waals surface area (Å²) in [6, 6.07) is 16.3. The lowest BCUT2D eigenvalue weighted by Crippen LogP contribution is -2.50. The van der Waals surface area contributed by atoms with Crippen LogP contribution in [0.4, 0.5) is 5.69 Å². The molecule has 4 rings (SSSR count). The number of aliphatic imine (C=N–C) groups is 1. The predicted octanol–water partition coefficient (Wildman–Crippen LogP) is 4.56. The van der Waals surface area contributed by atoms with Crippen LogP contribution in [0.15, 0.2) is 53.5 Å². The molecule has 2 aliphatic heterocycles. The van der Waals surface area contributed by atoms with Crippen LogP contribution in [-0.2, 0) is 0 Å². The third-order valence-electron chi connectivity index (χ3n) is 5.64. The van der Waals surface area contributed by atoms with Crippen LogP contribution < -0.4 is 10.2 Å². The van der Waals surface area contributed by atoms with Gasteiger partial charge in [0.2, 0.25) is 0 Å². The zero-order valence-electron chi connectivity index (χ0n) is 16.9. The van der Waals surface area contributed by atoms with Crippen molar-refractivity contribution in [3.05, 3.63) is 64.7 Å². The van der Waals surface area contributed by atoms with Crippen LogP contribution in [0.2, 0.25) is 5.02 Å². The Morgan fingerprint density at radius 3 is 2.72 bits per heavy atom. The number of piperidine rings is 1. The summed E-state index contributed by atoms with van der Waals surface area (Å²) in [6.07, 6.45) is 2.33. The molecule has 1 saturated heterocycles. The number of benzene rings is 2. The van der Waals surface area contributed by atoms with Gasteiger partial charge in [-0.3, -0.25) is 4.99 Å². The molecular formula is C23H27ClN4S. The summed E-state index contributed by atoms with van der Waals surface area (Å²) in [5.41, 5.74) is 4.20. The van der Waals surface area contributed by atoms with Gasteiger partial charge in [0.1, 0.15) is 6.17 Å². The van der Waals surface area contributed by atoms with Crippen molar-refractivity contribution in [2.24, 2.45) is 10.9 Å². The minimum absolute atomic E-state index is 0.133. The lowest BCUT2D eigenvalue weighted by Gasteiger charge is -2.34. The second kappa shape index (κ2) is 8.72. The highest BCUT2D eigenvalue weighted by Crippen LogP contribution is 2.29. The molecule has 2 aromatic carbocycles. The normalized spacial score (nSPS) is 21.8. The first-order valence-corrected chi connectivity index (χ1v) is 11.0. The average Bonchev–Trinajstić information content (AvgIpc) is 2.85. The molecule has 1 N–H and O–H groups in total. The second-order valence-corrected chi connectivity index (χ2v) is 8.87. The molecule has 0 spiro atoms. The fraction of sp³-hybridized carbons (Fsp3) is 0.391. The third-order valence-corrected chi connectivity index (χ3v) is 6.25. The Bertz CT molecular complexity index is 914. The van der Waals surface area contributed by atoms with E-state index in [9.17, 15) is 0 Å². The summed E-state index contributed by atoms with van der Waals surface area (Å²) in [7, 11) is 2.09. The molecule has 0 aromatic heterocycles. The maximum absolute atomic E-state index is 6.35. The van der Waals surface area contributed by atoms with Crippen LogP contribution in [0.3, 0.4) is 0 Å². The average molecular weight is 427 g/mol. The van der Waals surface area contributed by atoms with E-state index in [4.69, 9.17) is 28.8 Å². The van der Waals surface area contributed by atoms with Crippen molar-refractivity contribution in [3.8, 4) is 0 Å². The van der Waals surface area contributed by atoms with E-state index in [0.29, 0.717) is 10.9 Å². The minimum Gasteiger partial charge on any atom is -0.370 e. The SMILES string of the molecule is CC1CCCN(C(=S)NC2CN(C)c3ccc(Cl)cc3C(c3ccccc3)=N2)C1. The molecule has 0 aliphatic carbocycles. The summed E-state index contributed by atoms with van der Waals surface area (Å²) < 4.78 is 0. The fourth-order valence-electron chi connectivity index (χ4n) is 4.17. The van der Waals surface area contributed by atoms with E-state index in [2.05, 4.69) is 47.3 Å². The molecule has 2 heterocycles. The Labute approximate surface area is 183 Å². The van der Waals surface area contributed by atoms with Gasteiger partial charge in [-0.25, -0.2) is 0 Å². The summed E-state index contributed by atoms with van der Waals surface area (Å²) in [6.45, 7) is 5.05. The van der Waals surface area contributed by atoms with E-state index in [1.165, 1.54) is 12.8 Å². The number of likely N-dealkylation sites (tertiary alicyclic amines) is 1. The smallest absolute Gasteiger partial charge is 0.170 e. The van der Waals surface area contributed by atoms with Gasteiger partial charge in [0, 0.05) is 42.0 Å². The van der Waals surface area contributed by atoms with Crippen molar-refractivity contribution in [2.45, 2.75) is 25.9 Å². The number of rotatable bonds is 2. The Balaban J connectivity index is 1.67. The number of hydrogen-bond acceptors (Lipinski definition) is 3. The van der Waals surface area contributed by atoms with E-state index in [1.807, 2.05) is 30.3 Å². The van der Waals surface area contributed by atoms with Gasteiger partial charge in [-0.1, -0.05) is 48.9 Å². The monoisotopic (exact) mass is 426 g/mol. The summed E-state index contributed by atoms with van der Waals surface area (Å²) >= 11 is 12.1. The van der Waals surface area contributed by atoms with Crippen molar-refractivity contribution in [1.82, 2.24) is 10.2 Å². The summed E-state index contributed by atoms with van der Waals surface area (Å²) in [4.78, 5) is 9.64. The van der Waals surface area contributed by atoms with E-state index < -0.39 is 0 Å². The molecule has 152 valence electrons. The van der Waals surface area contributed by atoms with Crippen molar-refractivity contribution in [1.29, 1.82) is 0 Å². The van der Waals surface area contributed by atoms with Crippen molar-refractivity contribution in [3.63, 3.8) is 0 Å². The maximum atomic E-state index is 6.35. The summed E-state index contributed by atoms with van der Waals surface area (Å²) in [5.74, 6) is 0.676. The van der Waals surface area contributed by atoms with Gasteiger partial charge in [0.15, 0.2) is 5.11 Å². The minimum atomic E-state index is -0.133. The number of anilines is 1. The highest BCUT2D eigenvalue weighted by Gasteiger charge is 2.25. The number of nitrogens with one attached hydrogen (secondary N) is 1. The lowest BCUT2D eigenvalue weighted by molar-refractivity contribution is 0.268. The number of benzodiazepines with no additional fused rings is 1. The quantitative estimate of drug-likeness (QED) is 0.713. The molecule has 0 saturated carbocycles. The number of hydrogen-bond donors (Lipinski definition) is 1. The van der Waals surface area contributed by atoms with E-state index >= 15 is 0 Å². The maximum Gasteiger partial charge on any atom is 0.170 e. The molecule has 0 amide bonds. The number of thiocarbonyl (C=S) groups is 1. The Morgan fingerprint density at radius 1 is 1.17 bits per heavy atom. The van der Waals surface area contributed by atoms with E-state index in [0.717, 1.165) is 47.3 Å². The zero-order chi connectivity index (χ0) is 20.4.